The monoisotopic (exact) mass is 271 g/mol. The lowest BCUT2D eigenvalue weighted by atomic mass is 9.94. The molecule has 1 aliphatic heterocycles. The van der Waals surface area contributed by atoms with Crippen molar-refractivity contribution in [1.82, 2.24) is 4.90 Å². The number of aliphatic hydroxyl groups excluding tert-OH is 1. The van der Waals surface area contributed by atoms with E-state index in [-0.39, 0.29) is 12.6 Å². The third-order valence-corrected chi connectivity index (χ3v) is 3.08. The Kier molecular flexibility index (Phi) is 5.60. The number of aliphatic hydroxyl groups is 1. The number of guanidine groups is 1. The normalized spacial score (nSPS) is 18.5. The number of rotatable bonds is 2. The first-order valence-electron chi connectivity index (χ1n) is 6.75. The van der Waals surface area contributed by atoms with Crippen molar-refractivity contribution in [2.24, 2.45) is 16.6 Å². The molecule has 3 N–H and O–H groups in total. The van der Waals surface area contributed by atoms with Crippen molar-refractivity contribution in [2.45, 2.75) is 45.6 Å². The number of carbonyl (C=O) groups is 1. The van der Waals surface area contributed by atoms with Crippen molar-refractivity contribution < 1.29 is 14.6 Å². The first-order chi connectivity index (χ1) is 8.81. The van der Waals surface area contributed by atoms with Gasteiger partial charge >= 0.3 is 6.09 Å². The quantitative estimate of drug-likeness (QED) is 0.584. The van der Waals surface area contributed by atoms with E-state index >= 15 is 0 Å². The van der Waals surface area contributed by atoms with Gasteiger partial charge in [-0.3, -0.25) is 0 Å². The van der Waals surface area contributed by atoms with E-state index in [1.165, 1.54) is 0 Å². The fraction of sp³-hybridized carbons (Fsp3) is 0.846. The molecule has 0 unspecified atom stereocenters. The Morgan fingerprint density at radius 3 is 2.47 bits per heavy atom. The van der Waals surface area contributed by atoms with Gasteiger partial charge in [0.25, 0.3) is 0 Å². The molecule has 0 aromatic rings. The van der Waals surface area contributed by atoms with Crippen LogP contribution in [0.5, 0.6) is 0 Å². The molecule has 0 radical (unpaired) electrons. The first kappa shape index (κ1) is 15.8. The summed E-state index contributed by atoms with van der Waals surface area (Å²) in [7, 11) is 0. The minimum Gasteiger partial charge on any atom is -0.442 e. The lowest BCUT2D eigenvalue weighted by Crippen LogP contribution is -2.43. The number of hydrogen-bond donors (Lipinski definition) is 2. The molecule has 6 nitrogen and oxygen atoms in total. The van der Waals surface area contributed by atoms with Crippen LogP contribution in [0.4, 0.5) is 4.79 Å². The largest absolute Gasteiger partial charge is 0.442 e. The number of carbonyl (C=O) groups excluding carboxylic acids is 1. The van der Waals surface area contributed by atoms with Crippen LogP contribution in [0.3, 0.4) is 0 Å². The van der Waals surface area contributed by atoms with Crippen LogP contribution in [-0.4, -0.2) is 47.4 Å². The van der Waals surface area contributed by atoms with Crippen LogP contribution in [0.1, 0.15) is 40.0 Å². The van der Waals surface area contributed by atoms with Gasteiger partial charge in [-0.1, -0.05) is 0 Å². The molecule has 0 bridgehead atoms. The fourth-order valence-electron chi connectivity index (χ4n) is 2.08. The molecule has 19 heavy (non-hydrogen) atoms. The Morgan fingerprint density at radius 1 is 1.42 bits per heavy atom. The Morgan fingerprint density at radius 2 is 2.00 bits per heavy atom. The summed E-state index contributed by atoms with van der Waals surface area (Å²) in [5, 5.41) is 8.90. The highest BCUT2D eigenvalue weighted by atomic mass is 16.6. The number of likely N-dealkylation sites (tertiary alicyclic amines) is 1. The summed E-state index contributed by atoms with van der Waals surface area (Å²) in [6.45, 7) is 7.13. The average Bonchev–Trinajstić information content (AvgIpc) is 2.27. The summed E-state index contributed by atoms with van der Waals surface area (Å²) in [6, 6.07) is 0. The third kappa shape index (κ3) is 5.92. The van der Waals surface area contributed by atoms with Crippen molar-refractivity contribution >= 4 is 12.1 Å². The number of aliphatic imine (C=N–C) groups is 1. The van der Waals surface area contributed by atoms with E-state index < -0.39 is 11.7 Å². The van der Waals surface area contributed by atoms with Crippen LogP contribution < -0.4 is 5.73 Å². The Hall–Kier alpha value is -1.30. The molecule has 0 saturated carbocycles. The van der Waals surface area contributed by atoms with Crippen LogP contribution in [0, 0.1) is 5.92 Å². The third-order valence-electron chi connectivity index (χ3n) is 3.08. The van der Waals surface area contributed by atoms with Crippen molar-refractivity contribution in [3.05, 3.63) is 0 Å². The lowest BCUT2D eigenvalue weighted by molar-refractivity contribution is 0.0601. The zero-order valence-corrected chi connectivity index (χ0v) is 12.1. The fourth-order valence-corrected chi connectivity index (χ4v) is 2.08. The summed E-state index contributed by atoms with van der Waals surface area (Å²) < 4.78 is 5.09. The van der Waals surface area contributed by atoms with Gasteiger partial charge in [0.2, 0.25) is 5.96 Å². The number of nitrogens with two attached hydrogens (primary N) is 1. The topological polar surface area (TPSA) is 88.1 Å². The highest BCUT2D eigenvalue weighted by Crippen LogP contribution is 2.19. The molecule has 0 aromatic heterocycles. The highest BCUT2D eigenvalue weighted by molar-refractivity contribution is 5.89. The van der Waals surface area contributed by atoms with Gasteiger partial charge in [-0.05, 0) is 46.0 Å². The summed E-state index contributed by atoms with van der Waals surface area (Å²) in [6.07, 6.45) is 2.11. The van der Waals surface area contributed by atoms with E-state index in [9.17, 15) is 4.79 Å². The van der Waals surface area contributed by atoms with Crippen molar-refractivity contribution in [3.8, 4) is 0 Å². The van der Waals surface area contributed by atoms with Crippen LogP contribution in [0.2, 0.25) is 0 Å². The zero-order valence-electron chi connectivity index (χ0n) is 12.1. The van der Waals surface area contributed by atoms with E-state index in [1.807, 2.05) is 4.90 Å². The van der Waals surface area contributed by atoms with Gasteiger partial charge in [-0.2, -0.15) is 0 Å². The molecule has 1 rings (SSSR count). The summed E-state index contributed by atoms with van der Waals surface area (Å²) in [4.78, 5) is 17.2. The number of hydrogen-bond acceptors (Lipinski definition) is 3. The standard InChI is InChI=1S/C13H25N3O3/c1-13(2,3)19-12(18)15-11(14)16-7-4-10(5-8-16)6-9-17/h10,17H,4-9H2,1-3H3,(H2,14,15,18). The van der Waals surface area contributed by atoms with E-state index in [1.54, 1.807) is 20.8 Å². The molecule has 0 spiro atoms. The van der Waals surface area contributed by atoms with Gasteiger partial charge in [-0.15, -0.1) is 4.99 Å². The smallest absolute Gasteiger partial charge is 0.437 e. The maximum atomic E-state index is 11.5. The van der Waals surface area contributed by atoms with E-state index in [0.717, 1.165) is 32.4 Å². The molecule has 1 saturated heterocycles. The molecule has 1 heterocycles. The summed E-state index contributed by atoms with van der Waals surface area (Å²) in [5.41, 5.74) is 5.25. The van der Waals surface area contributed by atoms with Gasteiger partial charge in [0.1, 0.15) is 5.60 Å². The molecule has 110 valence electrons. The lowest BCUT2D eigenvalue weighted by Gasteiger charge is -2.32. The number of ether oxygens (including phenoxy) is 1. The van der Waals surface area contributed by atoms with Crippen LogP contribution in [0.25, 0.3) is 0 Å². The van der Waals surface area contributed by atoms with Gasteiger partial charge in [0.15, 0.2) is 0 Å². The van der Waals surface area contributed by atoms with Crippen LogP contribution >= 0.6 is 0 Å². The van der Waals surface area contributed by atoms with E-state index in [4.69, 9.17) is 15.6 Å². The first-order valence-corrected chi connectivity index (χ1v) is 6.75. The maximum Gasteiger partial charge on any atom is 0.437 e. The van der Waals surface area contributed by atoms with Crippen LogP contribution in [0.15, 0.2) is 4.99 Å². The maximum absolute atomic E-state index is 11.5. The SMILES string of the molecule is CC(C)(C)OC(=O)/N=C(/N)N1CCC(CCO)CC1. The second kappa shape index (κ2) is 6.75. The number of amides is 1. The molecule has 1 amide bonds. The second-order valence-electron chi connectivity index (χ2n) is 5.89. The van der Waals surface area contributed by atoms with Crippen LogP contribution in [-0.2, 0) is 4.74 Å². The van der Waals surface area contributed by atoms with Crippen molar-refractivity contribution in [1.29, 1.82) is 0 Å². The summed E-state index contributed by atoms with van der Waals surface area (Å²) in [5.74, 6) is 0.757. The van der Waals surface area contributed by atoms with Gasteiger partial charge in [0, 0.05) is 19.7 Å². The molecule has 0 aromatic carbocycles. The van der Waals surface area contributed by atoms with Crippen molar-refractivity contribution in [2.75, 3.05) is 19.7 Å². The molecule has 0 atom stereocenters. The Labute approximate surface area is 114 Å². The molecular formula is C13H25N3O3. The highest BCUT2D eigenvalue weighted by Gasteiger charge is 2.21. The minimum absolute atomic E-state index is 0.219. The number of nitrogens with zero attached hydrogens (tertiary/aromatic N) is 2. The minimum atomic E-state index is -0.650. The molecule has 1 aliphatic rings. The second-order valence-corrected chi connectivity index (χ2v) is 5.89. The molecule has 0 aliphatic carbocycles. The average molecular weight is 271 g/mol. The van der Waals surface area contributed by atoms with E-state index in [0.29, 0.717) is 5.92 Å². The Bertz CT molecular complexity index is 329. The summed E-state index contributed by atoms with van der Waals surface area (Å²) >= 11 is 0. The number of piperidine rings is 1. The molecule has 6 heteroatoms. The zero-order chi connectivity index (χ0) is 14.5. The van der Waals surface area contributed by atoms with Gasteiger partial charge < -0.3 is 20.5 Å². The molecule has 1 fully saturated rings. The predicted molar refractivity (Wildman–Crippen MR) is 73.9 cm³/mol. The van der Waals surface area contributed by atoms with Gasteiger partial charge in [0.05, 0.1) is 0 Å². The van der Waals surface area contributed by atoms with E-state index in [2.05, 4.69) is 4.99 Å². The molecular weight excluding hydrogens is 246 g/mol. The predicted octanol–water partition coefficient (Wildman–Crippen LogP) is 1.33. The van der Waals surface area contributed by atoms with Gasteiger partial charge in [-0.25, -0.2) is 4.79 Å². The Balaban J connectivity index is 2.46. The van der Waals surface area contributed by atoms with Crippen molar-refractivity contribution in [3.63, 3.8) is 0 Å².